The number of thioether (sulfide) groups is 1. The van der Waals surface area contributed by atoms with Crippen LogP contribution in [0.3, 0.4) is 0 Å². The lowest BCUT2D eigenvalue weighted by molar-refractivity contribution is 0.331. The molecule has 17 heavy (non-hydrogen) atoms. The minimum atomic E-state index is 0.274. The zero-order chi connectivity index (χ0) is 12.7. The molecule has 0 spiro atoms. The van der Waals surface area contributed by atoms with E-state index in [-0.39, 0.29) is 5.41 Å². The Hall–Kier alpha value is -0.870. The van der Waals surface area contributed by atoms with Gasteiger partial charge in [-0.25, -0.2) is 0 Å². The van der Waals surface area contributed by atoms with Crippen molar-refractivity contribution >= 4 is 11.8 Å². The molecule has 0 unspecified atom stereocenters. The molecule has 90 valence electrons. The van der Waals surface area contributed by atoms with Crippen molar-refractivity contribution in [2.24, 2.45) is 0 Å². The van der Waals surface area contributed by atoms with E-state index in [9.17, 15) is 0 Å². The fourth-order valence-electron chi connectivity index (χ4n) is 2.70. The monoisotopic (exact) mass is 244 g/mol. The van der Waals surface area contributed by atoms with E-state index in [4.69, 9.17) is 6.42 Å². The zero-order valence-corrected chi connectivity index (χ0v) is 11.9. The van der Waals surface area contributed by atoms with Crippen LogP contribution in [0.1, 0.15) is 51.7 Å². The molecule has 0 atom stereocenters. The molecular weight excluding hydrogens is 224 g/mol. The first-order chi connectivity index (χ1) is 7.87. The Labute approximate surface area is 109 Å². The lowest BCUT2D eigenvalue weighted by atomic mass is 9.63. The van der Waals surface area contributed by atoms with E-state index >= 15 is 0 Å². The van der Waals surface area contributed by atoms with E-state index < -0.39 is 0 Å². The number of fused-ring (bicyclic) bond motifs is 1. The van der Waals surface area contributed by atoms with Gasteiger partial charge in [0.25, 0.3) is 0 Å². The van der Waals surface area contributed by atoms with E-state index in [0.29, 0.717) is 5.41 Å². The molecule has 0 fully saturated rings. The Bertz CT molecular complexity index is 475. The average molecular weight is 244 g/mol. The third-order valence-electron chi connectivity index (χ3n) is 4.00. The van der Waals surface area contributed by atoms with Crippen LogP contribution in [0.2, 0.25) is 0 Å². The zero-order valence-electron chi connectivity index (χ0n) is 11.1. The molecule has 0 saturated heterocycles. The molecule has 0 aromatic heterocycles. The number of terminal acetylenes is 1. The maximum absolute atomic E-state index is 5.37. The van der Waals surface area contributed by atoms with Crippen LogP contribution in [0.4, 0.5) is 0 Å². The Morgan fingerprint density at radius 2 is 1.65 bits per heavy atom. The molecule has 2 rings (SSSR count). The molecule has 0 nitrogen and oxygen atoms in total. The highest BCUT2D eigenvalue weighted by Crippen LogP contribution is 2.46. The highest BCUT2D eigenvalue weighted by molar-refractivity contribution is 8.03. The maximum atomic E-state index is 5.37. The Morgan fingerprint density at radius 1 is 1.06 bits per heavy atom. The minimum absolute atomic E-state index is 0.274. The fourth-order valence-corrected chi connectivity index (χ4v) is 3.15. The van der Waals surface area contributed by atoms with Gasteiger partial charge < -0.3 is 0 Å². The molecule has 0 N–H and O–H groups in total. The molecule has 1 aliphatic rings. The van der Waals surface area contributed by atoms with Gasteiger partial charge in [0.05, 0.1) is 0 Å². The van der Waals surface area contributed by atoms with Crippen molar-refractivity contribution in [3.63, 3.8) is 0 Å². The van der Waals surface area contributed by atoms with Crippen molar-refractivity contribution in [3.05, 3.63) is 29.3 Å². The molecule has 1 heteroatoms. The van der Waals surface area contributed by atoms with Crippen LogP contribution in [0, 0.1) is 11.7 Å². The highest BCUT2D eigenvalue weighted by atomic mass is 32.2. The molecular formula is C16H20S. The largest absolute Gasteiger partial charge is 0.108 e. The minimum Gasteiger partial charge on any atom is -0.108 e. The average Bonchev–Trinajstić information content (AvgIpc) is 2.26. The summed E-state index contributed by atoms with van der Waals surface area (Å²) in [5.74, 6) is 0. The first-order valence-electron chi connectivity index (χ1n) is 6.14. The van der Waals surface area contributed by atoms with Crippen molar-refractivity contribution in [2.75, 3.05) is 0 Å². The first-order valence-corrected chi connectivity index (χ1v) is 6.96. The normalized spacial score (nSPS) is 20.4. The second kappa shape index (κ2) is 4.10. The summed E-state index contributed by atoms with van der Waals surface area (Å²) in [6.45, 7) is 9.36. The van der Waals surface area contributed by atoms with E-state index in [2.05, 4.69) is 51.1 Å². The van der Waals surface area contributed by atoms with Gasteiger partial charge in [0.2, 0.25) is 0 Å². The van der Waals surface area contributed by atoms with Gasteiger partial charge in [0.15, 0.2) is 0 Å². The number of rotatable bonds is 1. The van der Waals surface area contributed by atoms with Gasteiger partial charge in [-0.05, 0) is 63.9 Å². The molecule has 0 radical (unpaired) electrons. The molecule has 0 amide bonds. The summed E-state index contributed by atoms with van der Waals surface area (Å²) < 4.78 is 0. The van der Waals surface area contributed by atoms with Crippen molar-refractivity contribution in [2.45, 2.75) is 56.3 Å². The molecule has 0 heterocycles. The van der Waals surface area contributed by atoms with Gasteiger partial charge in [0, 0.05) is 4.90 Å². The number of hydrogen-bond acceptors (Lipinski definition) is 1. The first kappa shape index (κ1) is 12.6. The summed E-state index contributed by atoms with van der Waals surface area (Å²) >= 11 is 1.48. The number of hydrogen-bond donors (Lipinski definition) is 0. The summed E-state index contributed by atoms with van der Waals surface area (Å²) in [7, 11) is 0. The predicted molar refractivity (Wildman–Crippen MR) is 76.4 cm³/mol. The second-order valence-corrected chi connectivity index (χ2v) is 7.11. The summed E-state index contributed by atoms with van der Waals surface area (Å²) in [4.78, 5) is 1.19. The van der Waals surface area contributed by atoms with Crippen molar-refractivity contribution in [1.29, 1.82) is 0 Å². The fraction of sp³-hybridized carbons (Fsp3) is 0.500. The summed E-state index contributed by atoms with van der Waals surface area (Å²) in [6, 6.07) is 6.73. The van der Waals surface area contributed by atoms with Crippen molar-refractivity contribution in [1.82, 2.24) is 0 Å². The molecule has 0 bridgehead atoms. The molecule has 0 saturated carbocycles. The van der Waals surface area contributed by atoms with Gasteiger partial charge in [0.1, 0.15) is 0 Å². The SMILES string of the molecule is C#CSc1ccc2c(c1)C(C)(C)CCC2(C)C. The lowest BCUT2D eigenvalue weighted by Gasteiger charge is -2.42. The van der Waals surface area contributed by atoms with Gasteiger partial charge in [-0.3, -0.25) is 0 Å². The van der Waals surface area contributed by atoms with E-state index in [1.807, 2.05) is 0 Å². The Kier molecular flexibility index (Phi) is 3.04. The van der Waals surface area contributed by atoms with Crippen LogP contribution >= 0.6 is 11.8 Å². The smallest absolute Gasteiger partial charge is 0.0206 e. The standard InChI is InChI=1S/C16H20S/c1-6-17-12-7-8-13-14(11-12)16(4,5)10-9-15(13,2)3/h1,7-8,11H,9-10H2,2-5H3. The molecule has 1 aromatic carbocycles. The van der Waals surface area contributed by atoms with Crippen LogP contribution in [0.5, 0.6) is 0 Å². The highest BCUT2D eigenvalue weighted by Gasteiger charge is 2.36. The second-order valence-electron chi connectivity index (χ2n) is 6.20. The maximum Gasteiger partial charge on any atom is 0.0206 e. The summed E-state index contributed by atoms with van der Waals surface area (Å²) in [5.41, 5.74) is 3.55. The predicted octanol–water partition coefficient (Wildman–Crippen LogP) is 4.72. The lowest BCUT2D eigenvalue weighted by Crippen LogP contribution is -2.33. The molecule has 1 aromatic rings. The van der Waals surface area contributed by atoms with E-state index in [0.717, 1.165) is 0 Å². The van der Waals surface area contributed by atoms with Crippen LogP contribution in [0.15, 0.2) is 23.1 Å². The number of benzene rings is 1. The van der Waals surface area contributed by atoms with Gasteiger partial charge >= 0.3 is 0 Å². The van der Waals surface area contributed by atoms with E-state index in [1.165, 1.54) is 40.6 Å². The molecule has 1 aliphatic carbocycles. The Morgan fingerprint density at radius 3 is 2.24 bits per heavy atom. The van der Waals surface area contributed by atoms with E-state index in [1.54, 1.807) is 0 Å². The quantitative estimate of drug-likeness (QED) is 0.509. The molecule has 0 aliphatic heterocycles. The van der Waals surface area contributed by atoms with Crippen LogP contribution in [0.25, 0.3) is 0 Å². The summed E-state index contributed by atoms with van der Waals surface area (Å²) in [6.07, 6.45) is 7.88. The van der Waals surface area contributed by atoms with Crippen molar-refractivity contribution in [3.8, 4) is 11.7 Å². The topological polar surface area (TPSA) is 0 Å². The van der Waals surface area contributed by atoms with Crippen LogP contribution in [-0.4, -0.2) is 0 Å². The van der Waals surface area contributed by atoms with Crippen molar-refractivity contribution < 1.29 is 0 Å². The van der Waals surface area contributed by atoms with Gasteiger partial charge in [-0.1, -0.05) is 33.8 Å². The van der Waals surface area contributed by atoms with Gasteiger partial charge in [-0.2, -0.15) is 0 Å². The third kappa shape index (κ3) is 2.24. The van der Waals surface area contributed by atoms with Crippen LogP contribution in [-0.2, 0) is 10.8 Å². The van der Waals surface area contributed by atoms with Crippen LogP contribution < -0.4 is 0 Å². The third-order valence-corrected chi connectivity index (χ3v) is 4.61. The summed E-state index contributed by atoms with van der Waals surface area (Å²) in [5, 5.41) is 2.66. The Balaban J connectivity index is 2.57. The van der Waals surface area contributed by atoms with Gasteiger partial charge in [-0.15, -0.1) is 6.42 Å².